The van der Waals surface area contributed by atoms with Crippen LogP contribution in [0, 0.1) is 13.8 Å². The standard InChI is InChI=1S/C23H30N2O/c1-4-8-22(25-13-11-24-12-14-25)21-15-18(2)23(19(3)16-21)26-17-20-9-6-5-7-10-20/h4-7,9-10,15-16,22,24H,1,8,11-14,17H2,2-3H3/t22-/m1/s1. The second-order valence-electron chi connectivity index (χ2n) is 7.08. The first kappa shape index (κ1) is 18.7. The minimum absolute atomic E-state index is 0.398. The van der Waals surface area contributed by atoms with Crippen molar-refractivity contribution in [3.05, 3.63) is 77.4 Å². The molecule has 138 valence electrons. The Morgan fingerprint density at radius 2 is 1.77 bits per heavy atom. The van der Waals surface area contributed by atoms with Gasteiger partial charge in [-0.1, -0.05) is 48.5 Å². The van der Waals surface area contributed by atoms with Crippen molar-refractivity contribution in [3.8, 4) is 5.75 Å². The van der Waals surface area contributed by atoms with E-state index in [1.54, 1.807) is 0 Å². The Bertz CT molecular complexity index is 697. The molecule has 1 saturated heterocycles. The molecule has 0 bridgehead atoms. The van der Waals surface area contributed by atoms with Crippen LogP contribution in [-0.2, 0) is 6.61 Å². The van der Waals surface area contributed by atoms with Crippen LogP contribution < -0.4 is 10.1 Å². The number of nitrogens with zero attached hydrogens (tertiary/aromatic N) is 1. The van der Waals surface area contributed by atoms with Gasteiger partial charge in [0.15, 0.2) is 0 Å². The molecule has 0 aliphatic carbocycles. The highest BCUT2D eigenvalue weighted by molar-refractivity contribution is 5.44. The molecule has 0 aromatic heterocycles. The molecule has 26 heavy (non-hydrogen) atoms. The molecule has 0 amide bonds. The van der Waals surface area contributed by atoms with Gasteiger partial charge >= 0.3 is 0 Å². The third-order valence-corrected chi connectivity index (χ3v) is 5.08. The summed E-state index contributed by atoms with van der Waals surface area (Å²) < 4.78 is 6.15. The van der Waals surface area contributed by atoms with Crippen molar-refractivity contribution < 1.29 is 4.74 Å². The van der Waals surface area contributed by atoms with Gasteiger partial charge in [-0.2, -0.15) is 0 Å². The fourth-order valence-corrected chi connectivity index (χ4v) is 3.78. The quantitative estimate of drug-likeness (QED) is 0.749. The molecule has 0 saturated carbocycles. The number of ether oxygens (including phenoxy) is 1. The predicted molar refractivity (Wildman–Crippen MR) is 109 cm³/mol. The molecule has 3 rings (SSSR count). The van der Waals surface area contributed by atoms with E-state index >= 15 is 0 Å². The lowest BCUT2D eigenvalue weighted by molar-refractivity contribution is 0.174. The highest BCUT2D eigenvalue weighted by Crippen LogP contribution is 2.32. The number of piperazine rings is 1. The van der Waals surface area contributed by atoms with Gasteiger partial charge in [-0.15, -0.1) is 6.58 Å². The Morgan fingerprint density at radius 3 is 2.38 bits per heavy atom. The van der Waals surface area contributed by atoms with Crippen molar-refractivity contribution in [3.63, 3.8) is 0 Å². The van der Waals surface area contributed by atoms with Crippen molar-refractivity contribution in [1.29, 1.82) is 0 Å². The van der Waals surface area contributed by atoms with Gasteiger partial charge in [-0.3, -0.25) is 4.90 Å². The van der Waals surface area contributed by atoms with Crippen LogP contribution in [0.25, 0.3) is 0 Å². The van der Waals surface area contributed by atoms with Crippen molar-refractivity contribution in [2.24, 2.45) is 0 Å². The first-order chi connectivity index (χ1) is 12.7. The molecule has 0 spiro atoms. The van der Waals surface area contributed by atoms with Crippen LogP contribution >= 0.6 is 0 Å². The van der Waals surface area contributed by atoms with Crippen LogP contribution in [0.15, 0.2) is 55.1 Å². The van der Waals surface area contributed by atoms with Crippen LogP contribution in [-0.4, -0.2) is 31.1 Å². The van der Waals surface area contributed by atoms with E-state index in [4.69, 9.17) is 4.74 Å². The van der Waals surface area contributed by atoms with Crippen LogP contribution in [0.3, 0.4) is 0 Å². The topological polar surface area (TPSA) is 24.5 Å². The summed E-state index contributed by atoms with van der Waals surface area (Å²) in [6.07, 6.45) is 3.01. The lowest BCUT2D eigenvalue weighted by Crippen LogP contribution is -2.45. The molecule has 1 aliphatic rings. The maximum absolute atomic E-state index is 6.15. The van der Waals surface area contributed by atoms with Crippen LogP contribution in [0.1, 0.15) is 34.7 Å². The molecular formula is C23H30N2O. The zero-order valence-corrected chi connectivity index (χ0v) is 16.0. The second kappa shape index (κ2) is 9.02. The molecule has 1 aliphatic heterocycles. The number of benzene rings is 2. The van der Waals surface area contributed by atoms with Gasteiger partial charge in [0, 0.05) is 32.2 Å². The van der Waals surface area contributed by atoms with Gasteiger partial charge in [0.25, 0.3) is 0 Å². The Morgan fingerprint density at radius 1 is 1.12 bits per heavy atom. The van der Waals surface area contributed by atoms with Gasteiger partial charge < -0.3 is 10.1 Å². The molecule has 1 atom stereocenters. The molecule has 1 fully saturated rings. The summed E-state index contributed by atoms with van der Waals surface area (Å²) >= 11 is 0. The maximum atomic E-state index is 6.15. The SMILES string of the molecule is C=CC[C@H](c1cc(C)c(OCc2ccccc2)c(C)c1)N1CCNCC1. The first-order valence-electron chi connectivity index (χ1n) is 9.52. The lowest BCUT2D eigenvalue weighted by Gasteiger charge is -2.35. The third-order valence-electron chi connectivity index (χ3n) is 5.08. The van der Waals surface area contributed by atoms with E-state index in [-0.39, 0.29) is 0 Å². The smallest absolute Gasteiger partial charge is 0.125 e. The van der Waals surface area contributed by atoms with E-state index in [0.29, 0.717) is 12.6 Å². The predicted octanol–water partition coefficient (Wildman–Crippen LogP) is 4.40. The molecule has 0 radical (unpaired) electrons. The fraction of sp³-hybridized carbons (Fsp3) is 0.391. The van der Waals surface area contributed by atoms with Gasteiger partial charge in [0.2, 0.25) is 0 Å². The number of aryl methyl sites for hydroxylation is 2. The summed E-state index contributed by atoms with van der Waals surface area (Å²) in [4.78, 5) is 2.57. The zero-order valence-electron chi connectivity index (χ0n) is 16.0. The first-order valence-corrected chi connectivity index (χ1v) is 9.52. The van der Waals surface area contributed by atoms with Crippen molar-refractivity contribution in [2.75, 3.05) is 26.2 Å². The van der Waals surface area contributed by atoms with Gasteiger partial charge in [-0.25, -0.2) is 0 Å². The average Bonchev–Trinajstić information content (AvgIpc) is 2.67. The summed E-state index contributed by atoms with van der Waals surface area (Å²) in [5, 5.41) is 3.44. The average molecular weight is 351 g/mol. The largest absolute Gasteiger partial charge is 0.488 e. The summed E-state index contributed by atoms with van der Waals surface area (Å²) in [5.41, 5.74) is 4.98. The van der Waals surface area contributed by atoms with Gasteiger partial charge in [0.1, 0.15) is 12.4 Å². The maximum Gasteiger partial charge on any atom is 0.125 e. The summed E-state index contributed by atoms with van der Waals surface area (Å²) in [6.45, 7) is 13.2. The van der Waals surface area contributed by atoms with E-state index in [0.717, 1.165) is 38.3 Å². The van der Waals surface area contributed by atoms with E-state index in [1.165, 1.54) is 22.3 Å². The third kappa shape index (κ3) is 4.54. The lowest BCUT2D eigenvalue weighted by atomic mass is 9.96. The summed E-state index contributed by atoms with van der Waals surface area (Å²) in [5.74, 6) is 1.01. The minimum atomic E-state index is 0.398. The monoisotopic (exact) mass is 350 g/mol. The molecular weight excluding hydrogens is 320 g/mol. The van der Waals surface area contributed by atoms with Crippen LogP contribution in [0.5, 0.6) is 5.75 Å². The highest BCUT2D eigenvalue weighted by Gasteiger charge is 2.22. The number of rotatable bonds is 7. The minimum Gasteiger partial charge on any atom is -0.488 e. The molecule has 0 unspecified atom stereocenters. The normalized spacial score (nSPS) is 16.2. The van der Waals surface area contributed by atoms with E-state index in [9.17, 15) is 0 Å². The Hall–Kier alpha value is -2.10. The molecule has 1 N–H and O–H groups in total. The van der Waals surface area contributed by atoms with E-state index < -0.39 is 0 Å². The van der Waals surface area contributed by atoms with E-state index in [1.807, 2.05) is 12.1 Å². The van der Waals surface area contributed by atoms with E-state index in [2.05, 4.69) is 67.0 Å². The molecule has 2 aromatic rings. The Labute approximate surface area is 157 Å². The Kier molecular flexibility index (Phi) is 6.48. The Balaban J connectivity index is 1.79. The van der Waals surface area contributed by atoms with Crippen molar-refractivity contribution >= 4 is 0 Å². The molecule has 3 nitrogen and oxygen atoms in total. The number of nitrogens with one attached hydrogen (secondary N) is 1. The van der Waals surface area contributed by atoms with Crippen LogP contribution in [0.2, 0.25) is 0 Å². The number of hydrogen-bond donors (Lipinski definition) is 1. The van der Waals surface area contributed by atoms with Crippen LogP contribution in [0.4, 0.5) is 0 Å². The second-order valence-corrected chi connectivity index (χ2v) is 7.08. The number of hydrogen-bond acceptors (Lipinski definition) is 3. The van der Waals surface area contributed by atoms with Gasteiger partial charge in [-0.05, 0) is 42.5 Å². The molecule has 1 heterocycles. The van der Waals surface area contributed by atoms with Gasteiger partial charge in [0.05, 0.1) is 0 Å². The molecule has 3 heteroatoms. The molecule has 2 aromatic carbocycles. The summed E-state index contributed by atoms with van der Waals surface area (Å²) in [7, 11) is 0. The fourth-order valence-electron chi connectivity index (χ4n) is 3.78. The zero-order chi connectivity index (χ0) is 18.4. The van der Waals surface area contributed by atoms with Crippen molar-refractivity contribution in [1.82, 2.24) is 10.2 Å². The van der Waals surface area contributed by atoms with Crippen molar-refractivity contribution in [2.45, 2.75) is 32.9 Å². The summed E-state index contributed by atoms with van der Waals surface area (Å²) in [6, 6.07) is 15.3. The highest BCUT2D eigenvalue weighted by atomic mass is 16.5.